The lowest BCUT2D eigenvalue weighted by Crippen LogP contribution is -2.17. The second kappa shape index (κ2) is 7.44. The maximum absolute atomic E-state index is 12.3. The molecule has 3 rings (SSSR count). The molecule has 128 valence electrons. The first-order valence-electron chi connectivity index (χ1n) is 8.14. The number of aryl methyl sites for hydroxylation is 1. The van der Waals surface area contributed by atoms with Gasteiger partial charge in [0.2, 0.25) is 5.91 Å². The van der Waals surface area contributed by atoms with E-state index in [-0.39, 0.29) is 18.3 Å². The number of aromatic nitrogens is 1. The number of esters is 1. The van der Waals surface area contributed by atoms with Gasteiger partial charge >= 0.3 is 5.97 Å². The molecule has 0 radical (unpaired) electrons. The van der Waals surface area contributed by atoms with Crippen LogP contribution >= 0.6 is 22.7 Å². The van der Waals surface area contributed by atoms with Crippen molar-refractivity contribution in [2.24, 2.45) is 0 Å². The minimum atomic E-state index is -0.349. The zero-order valence-electron chi connectivity index (χ0n) is 13.8. The second-order valence-corrected chi connectivity index (χ2v) is 7.52. The van der Waals surface area contributed by atoms with Gasteiger partial charge in [-0.2, -0.15) is 0 Å². The highest BCUT2D eigenvalue weighted by molar-refractivity contribution is 7.15. The highest BCUT2D eigenvalue weighted by Gasteiger charge is 2.32. The summed E-state index contributed by atoms with van der Waals surface area (Å²) in [6.07, 6.45) is 3.27. The van der Waals surface area contributed by atoms with Crippen molar-refractivity contribution >= 4 is 39.6 Å². The van der Waals surface area contributed by atoms with Crippen LogP contribution in [0.3, 0.4) is 0 Å². The molecular formula is C17H20N2O3S2. The van der Waals surface area contributed by atoms with E-state index in [1.54, 1.807) is 18.3 Å². The number of ether oxygens (including phenoxy) is 1. The Morgan fingerprint density at radius 1 is 1.29 bits per heavy atom. The smallest absolute Gasteiger partial charge is 0.341 e. The van der Waals surface area contributed by atoms with Crippen molar-refractivity contribution in [1.29, 1.82) is 0 Å². The summed E-state index contributed by atoms with van der Waals surface area (Å²) >= 11 is 2.96. The fourth-order valence-corrected chi connectivity index (χ4v) is 4.29. The molecule has 5 nitrogen and oxygen atoms in total. The Balaban J connectivity index is 1.73. The molecule has 0 bridgehead atoms. The van der Waals surface area contributed by atoms with E-state index < -0.39 is 0 Å². The minimum absolute atomic E-state index is 0.155. The van der Waals surface area contributed by atoms with E-state index in [1.807, 2.05) is 17.7 Å². The van der Waals surface area contributed by atoms with E-state index in [0.717, 1.165) is 35.5 Å². The van der Waals surface area contributed by atoms with Crippen molar-refractivity contribution in [3.63, 3.8) is 0 Å². The zero-order chi connectivity index (χ0) is 17.1. The molecule has 2 aromatic heterocycles. The van der Waals surface area contributed by atoms with Gasteiger partial charge in [0, 0.05) is 5.38 Å². The number of hydrogen-bond acceptors (Lipinski definition) is 6. The van der Waals surface area contributed by atoms with Gasteiger partial charge in [-0.05, 0) is 43.0 Å². The molecule has 0 aliphatic heterocycles. The molecule has 0 saturated heterocycles. The van der Waals surface area contributed by atoms with Crippen LogP contribution in [-0.2, 0) is 22.4 Å². The Labute approximate surface area is 149 Å². The van der Waals surface area contributed by atoms with Gasteiger partial charge < -0.3 is 10.1 Å². The Bertz CT molecular complexity index is 747. The first-order chi connectivity index (χ1) is 11.6. The van der Waals surface area contributed by atoms with E-state index >= 15 is 0 Å². The number of anilines is 1. The van der Waals surface area contributed by atoms with Crippen molar-refractivity contribution in [3.05, 3.63) is 32.6 Å². The number of hydrogen-bond donors (Lipinski definition) is 1. The predicted molar refractivity (Wildman–Crippen MR) is 96.1 cm³/mol. The van der Waals surface area contributed by atoms with E-state index in [1.165, 1.54) is 11.3 Å². The summed E-state index contributed by atoms with van der Waals surface area (Å²) in [5.74, 6) is -0.0764. The van der Waals surface area contributed by atoms with Gasteiger partial charge in [0.15, 0.2) is 0 Å². The maximum atomic E-state index is 12.3. The van der Waals surface area contributed by atoms with E-state index in [0.29, 0.717) is 23.1 Å². The lowest BCUT2D eigenvalue weighted by atomic mass is 10.1. The molecule has 1 saturated carbocycles. The monoisotopic (exact) mass is 364 g/mol. The van der Waals surface area contributed by atoms with Crippen LogP contribution in [-0.4, -0.2) is 23.5 Å². The molecule has 1 aliphatic carbocycles. The van der Waals surface area contributed by atoms with Crippen LogP contribution in [0.1, 0.15) is 59.2 Å². The van der Waals surface area contributed by atoms with Crippen LogP contribution in [0.5, 0.6) is 0 Å². The third kappa shape index (κ3) is 3.84. The standard InChI is InChI=1S/C17H20N2O3S2/c1-3-14-18-11(8-23-14)7-13(20)19-16-15(17(21)22-4-2)12(9-24-16)10-5-6-10/h8-10H,3-7H2,1-2H3,(H,19,20). The largest absolute Gasteiger partial charge is 0.462 e. The Kier molecular flexibility index (Phi) is 5.30. The summed E-state index contributed by atoms with van der Waals surface area (Å²) < 4.78 is 5.17. The lowest BCUT2D eigenvalue weighted by Gasteiger charge is -2.07. The van der Waals surface area contributed by atoms with Crippen LogP contribution in [0.25, 0.3) is 0 Å². The Hall–Kier alpha value is -1.73. The summed E-state index contributed by atoms with van der Waals surface area (Å²) in [5, 5.41) is 8.37. The number of nitrogens with zero attached hydrogens (tertiary/aromatic N) is 1. The van der Waals surface area contributed by atoms with Crippen LogP contribution < -0.4 is 5.32 Å². The van der Waals surface area contributed by atoms with Crippen molar-refractivity contribution < 1.29 is 14.3 Å². The van der Waals surface area contributed by atoms with Crippen molar-refractivity contribution in [1.82, 2.24) is 4.98 Å². The number of thiophene rings is 1. The first-order valence-corrected chi connectivity index (χ1v) is 9.89. The summed E-state index contributed by atoms with van der Waals surface area (Å²) in [5.41, 5.74) is 2.31. The summed E-state index contributed by atoms with van der Waals surface area (Å²) in [6.45, 7) is 4.15. The summed E-state index contributed by atoms with van der Waals surface area (Å²) in [4.78, 5) is 29.0. The molecule has 1 aliphatic rings. The Morgan fingerprint density at radius 2 is 2.08 bits per heavy atom. The molecule has 2 heterocycles. The average Bonchev–Trinajstić information content (AvgIpc) is 3.16. The van der Waals surface area contributed by atoms with Gasteiger partial charge in [-0.25, -0.2) is 9.78 Å². The summed E-state index contributed by atoms with van der Waals surface area (Å²) in [7, 11) is 0. The van der Waals surface area contributed by atoms with Crippen molar-refractivity contribution in [3.8, 4) is 0 Å². The molecule has 24 heavy (non-hydrogen) atoms. The highest BCUT2D eigenvalue weighted by atomic mass is 32.1. The number of nitrogens with one attached hydrogen (secondary N) is 1. The van der Waals surface area contributed by atoms with E-state index in [2.05, 4.69) is 10.3 Å². The van der Waals surface area contributed by atoms with E-state index in [9.17, 15) is 9.59 Å². The molecule has 7 heteroatoms. The molecule has 0 atom stereocenters. The third-order valence-electron chi connectivity index (χ3n) is 3.81. The van der Waals surface area contributed by atoms with Crippen LogP contribution in [0.15, 0.2) is 10.8 Å². The number of carbonyl (C=O) groups excluding carboxylic acids is 2. The predicted octanol–water partition coefficient (Wildman–Crippen LogP) is 4.00. The minimum Gasteiger partial charge on any atom is -0.462 e. The molecule has 1 fully saturated rings. The molecule has 0 unspecified atom stereocenters. The zero-order valence-corrected chi connectivity index (χ0v) is 15.4. The number of thiazole rings is 1. The average molecular weight is 364 g/mol. The summed E-state index contributed by atoms with van der Waals surface area (Å²) in [6, 6.07) is 0. The van der Waals surface area contributed by atoms with Crippen LogP contribution in [0.2, 0.25) is 0 Å². The molecule has 0 spiro atoms. The number of amides is 1. The van der Waals surface area contributed by atoms with E-state index in [4.69, 9.17) is 4.74 Å². The molecule has 1 amide bonds. The first kappa shape index (κ1) is 17.1. The van der Waals surface area contributed by atoms with Gasteiger partial charge in [0.1, 0.15) is 5.00 Å². The normalized spacial score (nSPS) is 13.8. The number of rotatable bonds is 7. The fraction of sp³-hybridized carbons (Fsp3) is 0.471. The van der Waals surface area contributed by atoms with Crippen molar-refractivity contribution in [2.45, 2.75) is 45.4 Å². The maximum Gasteiger partial charge on any atom is 0.341 e. The van der Waals surface area contributed by atoms with Gasteiger partial charge in [0.05, 0.1) is 29.3 Å². The fourth-order valence-electron chi connectivity index (χ4n) is 2.50. The van der Waals surface area contributed by atoms with Crippen LogP contribution in [0, 0.1) is 0 Å². The van der Waals surface area contributed by atoms with Gasteiger partial charge in [0.25, 0.3) is 0 Å². The molecule has 2 aromatic rings. The van der Waals surface area contributed by atoms with Crippen LogP contribution in [0.4, 0.5) is 5.00 Å². The lowest BCUT2D eigenvalue weighted by molar-refractivity contribution is -0.115. The van der Waals surface area contributed by atoms with Gasteiger partial charge in [-0.1, -0.05) is 6.92 Å². The highest BCUT2D eigenvalue weighted by Crippen LogP contribution is 2.46. The molecular weight excluding hydrogens is 344 g/mol. The SMILES string of the molecule is CCOC(=O)c1c(C2CC2)csc1NC(=O)Cc1csc(CC)n1. The topological polar surface area (TPSA) is 68.3 Å². The Morgan fingerprint density at radius 3 is 2.71 bits per heavy atom. The third-order valence-corrected chi connectivity index (χ3v) is 5.77. The molecule has 1 N–H and O–H groups in total. The van der Waals surface area contributed by atoms with Crippen molar-refractivity contribution in [2.75, 3.05) is 11.9 Å². The van der Waals surface area contributed by atoms with Gasteiger partial charge in [-0.3, -0.25) is 4.79 Å². The molecule has 0 aromatic carbocycles. The second-order valence-electron chi connectivity index (χ2n) is 5.70. The van der Waals surface area contributed by atoms with Gasteiger partial charge in [-0.15, -0.1) is 22.7 Å². The number of carbonyl (C=O) groups is 2. The quantitative estimate of drug-likeness (QED) is 0.754.